The number of nitrogens with zero attached hydrogens (tertiary/aromatic N) is 4. The standard InChI is InChI=1S/C57H36N4/c1-3-15-40(16-4-1)55-58-56(41-30-26-38(27-31-41)46-23-13-25-52-54(46)49-22-11-12-24-51(49)61(52)44-18-5-2-6-19-44)60-57(59-55)42-32-28-39(29-33-42)53-47-21-10-8-17-43(47)36-50-45-20-9-7-14-37(45)34-35-48(50)53/h1-36H. The number of hydrogen-bond acceptors (Lipinski definition) is 3. The van der Waals surface area contributed by atoms with E-state index in [1.807, 2.05) is 18.2 Å². The van der Waals surface area contributed by atoms with Gasteiger partial charge in [-0.3, -0.25) is 0 Å². The first-order chi connectivity index (χ1) is 30.2. The van der Waals surface area contributed by atoms with Gasteiger partial charge in [-0.2, -0.15) is 0 Å². The van der Waals surface area contributed by atoms with Crippen LogP contribution in [-0.4, -0.2) is 19.5 Å². The molecule has 0 saturated carbocycles. The third-order valence-electron chi connectivity index (χ3n) is 12.0. The van der Waals surface area contributed by atoms with E-state index >= 15 is 0 Å². The Hall–Kier alpha value is -8.21. The summed E-state index contributed by atoms with van der Waals surface area (Å²) in [5.41, 5.74) is 11.0. The van der Waals surface area contributed by atoms with Crippen LogP contribution in [-0.2, 0) is 0 Å². The van der Waals surface area contributed by atoms with Gasteiger partial charge in [0.05, 0.1) is 11.0 Å². The Kier molecular flexibility index (Phi) is 8.13. The lowest BCUT2D eigenvalue weighted by Gasteiger charge is -2.14. The lowest BCUT2D eigenvalue weighted by atomic mass is 9.89. The molecule has 0 saturated heterocycles. The van der Waals surface area contributed by atoms with Crippen molar-refractivity contribution in [2.45, 2.75) is 0 Å². The van der Waals surface area contributed by atoms with E-state index in [1.165, 1.54) is 65.3 Å². The van der Waals surface area contributed by atoms with Crippen LogP contribution in [0.4, 0.5) is 0 Å². The quantitative estimate of drug-likeness (QED) is 0.125. The SMILES string of the molecule is c1ccc(-c2nc(-c3ccc(-c4c5ccccc5cc5c4ccc4ccccc45)cc3)nc(-c3ccc(-c4cccc5c4c4ccccc4n5-c4ccccc4)cc3)n2)cc1. The van der Waals surface area contributed by atoms with Gasteiger partial charge in [0.15, 0.2) is 17.5 Å². The predicted molar refractivity (Wildman–Crippen MR) is 254 cm³/mol. The molecule has 0 amide bonds. The van der Waals surface area contributed by atoms with Crippen LogP contribution in [0.25, 0.3) is 116 Å². The Morgan fingerprint density at radius 3 is 1.52 bits per heavy atom. The fraction of sp³-hybridized carbons (Fsp3) is 0. The highest BCUT2D eigenvalue weighted by atomic mass is 15.0. The van der Waals surface area contributed by atoms with Crippen LogP contribution < -0.4 is 0 Å². The first kappa shape index (κ1) is 34.8. The second-order valence-electron chi connectivity index (χ2n) is 15.6. The second-order valence-corrected chi connectivity index (χ2v) is 15.6. The molecule has 2 heterocycles. The number of benzene rings is 10. The van der Waals surface area contributed by atoms with Gasteiger partial charge >= 0.3 is 0 Å². The van der Waals surface area contributed by atoms with Gasteiger partial charge in [-0.1, -0.05) is 188 Å². The van der Waals surface area contributed by atoms with E-state index in [1.54, 1.807) is 0 Å². The van der Waals surface area contributed by atoms with Crippen molar-refractivity contribution in [3.05, 3.63) is 218 Å². The molecule has 12 aromatic rings. The van der Waals surface area contributed by atoms with Gasteiger partial charge in [-0.15, -0.1) is 0 Å². The van der Waals surface area contributed by atoms with Crippen molar-refractivity contribution in [1.29, 1.82) is 0 Å². The summed E-state index contributed by atoms with van der Waals surface area (Å²) >= 11 is 0. The predicted octanol–water partition coefficient (Wildman–Crippen LogP) is 14.8. The van der Waals surface area contributed by atoms with Crippen molar-refractivity contribution in [2.75, 3.05) is 0 Å². The number of fused-ring (bicyclic) bond motifs is 7. The molecule has 0 N–H and O–H groups in total. The van der Waals surface area contributed by atoms with Gasteiger partial charge in [0.2, 0.25) is 0 Å². The van der Waals surface area contributed by atoms with E-state index < -0.39 is 0 Å². The Labute approximate surface area is 352 Å². The topological polar surface area (TPSA) is 43.6 Å². The van der Waals surface area contributed by atoms with Crippen LogP contribution in [0.1, 0.15) is 0 Å². The minimum atomic E-state index is 0.630. The summed E-state index contributed by atoms with van der Waals surface area (Å²) in [4.78, 5) is 15.3. The molecule has 4 heteroatoms. The summed E-state index contributed by atoms with van der Waals surface area (Å²) in [5.74, 6) is 1.90. The molecule has 0 aliphatic heterocycles. The summed E-state index contributed by atoms with van der Waals surface area (Å²) in [6.45, 7) is 0. The van der Waals surface area contributed by atoms with E-state index in [9.17, 15) is 0 Å². The molecule has 0 aliphatic carbocycles. The van der Waals surface area contributed by atoms with Crippen LogP contribution in [0.3, 0.4) is 0 Å². The molecule has 0 fully saturated rings. The van der Waals surface area contributed by atoms with Crippen molar-refractivity contribution in [3.63, 3.8) is 0 Å². The highest BCUT2D eigenvalue weighted by Crippen LogP contribution is 2.41. The van der Waals surface area contributed by atoms with Crippen LogP contribution in [0.2, 0.25) is 0 Å². The van der Waals surface area contributed by atoms with E-state index in [0.717, 1.165) is 33.5 Å². The average Bonchev–Trinajstić information content (AvgIpc) is 3.68. The smallest absolute Gasteiger partial charge is 0.164 e. The zero-order valence-corrected chi connectivity index (χ0v) is 33.1. The largest absolute Gasteiger partial charge is 0.309 e. The average molecular weight is 777 g/mol. The van der Waals surface area contributed by atoms with Gasteiger partial charge < -0.3 is 4.57 Å². The molecule has 0 aliphatic rings. The molecule has 12 rings (SSSR count). The highest BCUT2D eigenvalue weighted by Gasteiger charge is 2.18. The molecule has 0 atom stereocenters. The maximum absolute atomic E-state index is 5.14. The van der Waals surface area contributed by atoms with Gasteiger partial charge in [0, 0.05) is 33.2 Å². The van der Waals surface area contributed by atoms with Crippen molar-refractivity contribution < 1.29 is 0 Å². The van der Waals surface area contributed by atoms with Crippen LogP contribution in [0, 0.1) is 0 Å². The van der Waals surface area contributed by atoms with Gasteiger partial charge in [-0.25, -0.2) is 15.0 Å². The molecule has 0 radical (unpaired) electrons. The molecule has 284 valence electrons. The highest BCUT2D eigenvalue weighted by molar-refractivity contribution is 6.20. The van der Waals surface area contributed by atoms with E-state index in [0.29, 0.717) is 17.5 Å². The maximum atomic E-state index is 5.14. The molecule has 0 bridgehead atoms. The summed E-state index contributed by atoms with van der Waals surface area (Å²) in [5, 5.41) is 9.91. The monoisotopic (exact) mass is 776 g/mol. The third kappa shape index (κ3) is 5.88. The third-order valence-corrected chi connectivity index (χ3v) is 12.0. The number of para-hydroxylation sites is 2. The van der Waals surface area contributed by atoms with Crippen molar-refractivity contribution in [2.24, 2.45) is 0 Å². The first-order valence-electron chi connectivity index (χ1n) is 20.7. The summed E-state index contributed by atoms with van der Waals surface area (Å²) in [6.07, 6.45) is 0. The van der Waals surface area contributed by atoms with Crippen LogP contribution >= 0.6 is 0 Å². The molecule has 0 unspecified atom stereocenters. The fourth-order valence-electron chi connectivity index (χ4n) is 9.18. The molecular formula is C57H36N4. The molecule has 2 aromatic heterocycles. The molecule has 10 aromatic carbocycles. The Bertz CT molecular complexity index is 3610. The fourth-order valence-corrected chi connectivity index (χ4v) is 9.18. The van der Waals surface area contributed by atoms with E-state index in [4.69, 9.17) is 15.0 Å². The molecule has 4 nitrogen and oxygen atoms in total. The minimum Gasteiger partial charge on any atom is -0.309 e. The van der Waals surface area contributed by atoms with Crippen molar-refractivity contribution in [3.8, 4) is 62.1 Å². The second kappa shape index (κ2) is 14.3. The summed E-state index contributed by atoms with van der Waals surface area (Å²) < 4.78 is 2.36. The maximum Gasteiger partial charge on any atom is 0.164 e. The Morgan fingerprint density at radius 2 is 0.820 bits per heavy atom. The Balaban J connectivity index is 0.960. The van der Waals surface area contributed by atoms with E-state index in [-0.39, 0.29) is 0 Å². The Morgan fingerprint density at radius 1 is 0.295 bits per heavy atom. The van der Waals surface area contributed by atoms with E-state index in [2.05, 4.69) is 205 Å². The number of aromatic nitrogens is 4. The van der Waals surface area contributed by atoms with Gasteiger partial charge in [-0.05, 0) is 84.9 Å². The molecular weight excluding hydrogens is 741 g/mol. The zero-order chi connectivity index (χ0) is 40.3. The lowest BCUT2D eigenvalue weighted by molar-refractivity contribution is 1.07. The van der Waals surface area contributed by atoms with Gasteiger partial charge in [0.1, 0.15) is 0 Å². The summed E-state index contributed by atoms with van der Waals surface area (Å²) in [7, 11) is 0. The van der Waals surface area contributed by atoms with Crippen LogP contribution in [0.5, 0.6) is 0 Å². The lowest BCUT2D eigenvalue weighted by Crippen LogP contribution is -2.00. The minimum absolute atomic E-state index is 0.630. The number of rotatable bonds is 6. The molecule has 0 spiro atoms. The number of hydrogen-bond donors (Lipinski definition) is 0. The summed E-state index contributed by atoms with van der Waals surface area (Å²) in [6, 6.07) is 77.6. The van der Waals surface area contributed by atoms with Crippen molar-refractivity contribution >= 4 is 54.1 Å². The van der Waals surface area contributed by atoms with Crippen molar-refractivity contribution in [1.82, 2.24) is 19.5 Å². The normalized spacial score (nSPS) is 11.6. The molecule has 61 heavy (non-hydrogen) atoms. The first-order valence-corrected chi connectivity index (χ1v) is 20.7. The van der Waals surface area contributed by atoms with Gasteiger partial charge in [0.25, 0.3) is 0 Å². The zero-order valence-electron chi connectivity index (χ0n) is 33.1. The van der Waals surface area contributed by atoms with Crippen LogP contribution in [0.15, 0.2) is 218 Å².